The van der Waals surface area contributed by atoms with Crippen molar-refractivity contribution in [2.45, 2.75) is 32.7 Å². The molecule has 160 valence electrons. The zero-order valence-corrected chi connectivity index (χ0v) is 18.0. The second-order valence-electron chi connectivity index (χ2n) is 7.44. The fourth-order valence-corrected chi connectivity index (χ4v) is 4.10. The molecule has 2 heterocycles. The standard InChI is InChI=1S/C23H22FN3O3S/c1-3-30-18-9-7-17(8-10-18)27-22(29)19(21(28)25-23(27)31)13-26-14(2)4-5-15-12-16(24)6-11-20(15)26/h6-14H,3-5H2,1-2H3,(H,25,28,31)/b19-13-/t14-/m1/s1. The van der Waals surface area contributed by atoms with Crippen LogP contribution in [0.2, 0.25) is 0 Å². The van der Waals surface area contributed by atoms with Crippen molar-refractivity contribution in [3.05, 3.63) is 65.6 Å². The second kappa shape index (κ2) is 8.47. The van der Waals surface area contributed by atoms with Crippen LogP contribution in [0.4, 0.5) is 15.8 Å². The summed E-state index contributed by atoms with van der Waals surface area (Å²) in [4.78, 5) is 29.1. The summed E-state index contributed by atoms with van der Waals surface area (Å²) in [6, 6.07) is 11.5. The van der Waals surface area contributed by atoms with E-state index in [1.54, 1.807) is 36.5 Å². The molecule has 2 amide bonds. The number of amides is 2. The summed E-state index contributed by atoms with van der Waals surface area (Å²) in [6.07, 6.45) is 3.05. The van der Waals surface area contributed by atoms with Gasteiger partial charge in [-0.25, -0.2) is 4.39 Å². The number of nitrogens with one attached hydrogen (secondary N) is 1. The minimum atomic E-state index is -0.557. The Morgan fingerprint density at radius 1 is 1.23 bits per heavy atom. The van der Waals surface area contributed by atoms with Crippen molar-refractivity contribution in [2.24, 2.45) is 0 Å². The second-order valence-corrected chi connectivity index (χ2v) is 7.82. The Bertz CT molecular complexity index is 1080. The molecule has 1 N–H and O–H groups in total. The normalized spacial score (nSPS) is 20.0. The molecule has 2 aliphatic rings. The molecule has 31 heavy (non-hydrogen) atoms. The number of carbonyl (C=O) groups excluding carboxylic acids is 2. The van der Waals surface area contributed by atoms with E-state index in [1.807, 2.05) is 18.7 Å². The van der Waals surface area contributed by atoms with Crippen LogP contribution < -0.4 is 19.9 Å². The third-order valence-corrected chi connectivity index (χ3v) is 5.69. The average molecular weight is 440 g/mol. The smallest absolute Gasteiger partial charge is 0.271 e. The minimum absolute atomic E-state index is 0.0190. The Balaban J connectivity index is 1.70. The quantitative estimate of drug-likeness (QED) is 0.447. The van der Waals surface area contributed by atoms with Gasteiger partial charge in [0.05, 0.1) is 12.3 Å². The lowest BCUT2D eigenvalue weighted by Gasteiger charge is -2.36. The summed E-state index contributed by atoms with van der Waals surface area (Å²) < 4.78 is 19.1. The van der Waals surface area contributed by atoms with Crippen molar-refractivity contribution >= 4 is 40.5 Å². The molecular weight excluding hydrogens is 417 g/mol. The van der Waals surface area contributed by atoms with Crippen LogP contribution in [0.15, 0.2) is 54.2 Å². The molecule has 6 nitrogen and oxygen atoms in total. The van der Waals surface area contributed by atoms with Gasteiger partial charge in [0.25, 0.3) is 11.8 Å². The molecule has 1 atom stereocenters. The lowest BCUT2D eigenvalue weighted by atomic mass is 9.96. The molecule has 1 saturated heterocycles. The van der Waals surface area contributed by atoms with Crippen molar-refractivity contribution in [3.8, 4) is 5.75 Å². The monoisotopic (exact) mass is 439 g/mol. The number of aryl methyl sites for hydroxylation is 1. The molecular formula is C23H22FN3O3S. The number of hydrogen-bond donors (Lipinski definition) is 1. The van der Waals surface area contributed by atoms with Gasteiger partial charge in [-0.1, -0.05) is 0 Å². The van der Waals surface area contributed by atoms with Crippen molar-refractivity contribution in [3.63, 3.8) is 0 Å². The van der Waals surface area contributed by atoms with Crippen LogP contribution in [0.5, 0.6) is 5.75 Å². The van der Waals surface area contributed by atoms with E-state index < -0.39 is 11.8 Å². The molecule has 0 spiro atoms. The Hall–Kier alpha value is -3.26. The highest BCUT2D eigenvalue weighted by molar-refractivity contribution is 7.80. The van der Waals surface area contributed by atoms with E-state index in [0.29, 0.717) is 18.0 Å². The van der Waals surface area contributed by atoms with Gasteiger partial charge in [-0.15, -0.1) is 0 Å². The molecule has 0 aliphatic carbocycles. The van der Waals surface area contributed by atoms with Crippen LogP contribution in [-0.4, -0.2) is 29.6 Å². The summed E-state index contributed by atoms with van der Waals surface area (Å²) in [5.74, 6) is -0.704. The predicted molar refractivity (Wildman–Crippen MR) is 121 cm³/mol. The molecule has 0 saturated carbocycles. The van der Waals surface area contributed by atoms with E-state index in [1.165, 1.54) is 17.0 Å². The Morgan fingerprint density at radius 2 is 1.97 bits per heavy atom. The van der Waals surface area contributed by atoms with E-state index in [-0.39, 0.29) is 22.5 Å². The number of fused-ring (bicyclic) bond motifs is 1. The highest BCUT2D eigenvalue weighted by Crippen LogP contribution is 2.33. The molecule has 0 radical (unpaired) electrons. The molecule has 4 rings (SSSR count). The predicted octanol–water partition coefficient (Wildman–Crippen LogP) is 3.70. The van der Waals surface area contributed by atoms with Gasteiger partial charge in [-0.05, 0) is 86.9 Å². The van der Waals surface area contributed by atoms with Crippen LogP contribution in [0, 0.1) is 5.82 Å². The Kier molecular flexibility index (Phi) is 5.73. The topological polar surface area (TPSA) is 61.9 Å². The summed E-state index contributed by atoms with van der Waals surface area (Å²) in [7, 11) is 0. The lowest BCUT2D eigenvalue weighted by Crippen LogP contribution is -2.55. The van der Waals surface area contributed by atoms with Gasteiger partial charge in [-0.3, -0.25) is 19.8 Å². The zero-order chi connectivity index (χ0) is 22.1. The van der Waals surface area contributed by atoms with Gasteiger partial charge in [0.15, 0.2) is 5.11 Å². The van der Waals surface area contributed by atoms with Gasteiger partial charge < -0.3 is 9.64 Å². The summed E-state index contributed by atoms with van der Waals surface area (Å²) >= 11 is 5.26. The fraction of sp³-hybridized carbons (Fsp3) is 0.261. The number of halogens is 1. The molecule has 8 heteroatoms. The number of hydrogen-bond acceptors (Lipinski definition) is 5. The van der Waals surface area contributed by atoms with Crippen molar-refractivity contribution in [1.82, 2.24) is 5.32 Å². The average Bonchev–Trinajstić information content (AvgIpc) is 2.73. The number of anilines is 2. The van der Waals surface area contributed by atoms with Crippen molar-refractivity contribution < 1.29 is 18.7 Å². The van der Waals surface area contributed by atoms with E-state index in [0.717, 1.165) is 24.1 Å². The Morgan fingerprint density at radius 3 is 2.68 bits per heavy atom. The largest absolute Gasteiger partial charge is 0.494 e. The summed E-state index contributed by atoms with van der Waals surface area (Å²) in [5.41, 5.74) is 2.12. The van der Waals surface area contributed by atoms with E-state index in [2.05, 4.69) is 5.32 Å². The number of thiocarbonyl (C=S) groups is 1. The number of ether oxygens (including phenoxy) is 1. The summed E-state index contributed by atoms with van der Waals surface area (Å²) in [5, 5.41) is 2.62. The third-order valence-electron chi connectivity index (χ3n) is 5.40. The molecule has 1 fully saturated rings. The SMILES string of the molecule is CCOc1ccc(N2C(=O)/C(=C\N3c4ccc(F)cc4CC[C@H]3C)C(=O)NC2=S)cc1. The Labute approximate surface area is 185 Å². The minimum Gasteiger partial charge on any atom is -0.494 e. The van der Waals surface area contributed by atoms with Crippen molar-refractivity contribution in [1.29, 1.82) is 0 Å². The number of carbonyl (C=O) groups is 2. The molecule has 0 bridgehead atoms. The van der Waals surface area contributed by atoms with Crippen LogP contribution in [0.3, 0.4) is 0 Å². The van der Waals surface area contributed by atoms with Gasteiger partial charge in [0.2, 0.25) is 0 Å². The van der Waals surface area contributed by atoms with Crippen molar-refractivity contribution in [2.75, 3.05) is 16.4 Å². The number of nitrogens with zero attached hydrogens (tertiary/aromatic N) is 2. The zero-order valence-electron chi connectivity index (χ0n) is 17.2. The van der Waals surface area contributed by atoms with E-state index in [9.17, 15) is 14.0 Å². The molecule has 0 aromatic heterocycles. The maximum Gasteiger partial charge on any atom is 0.271 e. The lowest BCUT2D eigenvalue weighted by molar-refractivity contribution is -0.122. The molecule has 2 aromatic carbocycles. The van der Waals surface area contributed by atoms with Crippen LogP contribution in [0.1, 0.15) is 25.8 Å². The van der Waals surface area contributed by atoms with Crippen LogP contribution in [0.25, 0.3) is 0 Å². The maximum absolute atomic E-state index is 13.7. The van der Waals surface area contributed by atoms with E-state index in [4.69, 9.17) is 17.0 Å². The van der Waals surface area contributed by atoms with E-state index >= 15 is 0 Å². The number of benzene rings is 2. The third kappa shape index (κ3) is 4.03. The molecule has 2 aliphatic heterocycles. The van der Waals surface area contributed by atoms with Gasteiger partial charge in [0, 0.05) is 17.9 Å². The first-order valence-corrected chi connectivity index (χ1v) is 10.5. The van der Waals surface area contributed by atoms with Gasteiger partial charge in [-0.2, -0.15) is 0 Å². The van der Waals surface area contributed by atoms with Gasteiger partial charge >= 0.3 is 0 Å². The summed E-state index contributed by atoms with van der Waals surface area (Å²) in [6.45, 7) is 4.42. The highest BCUT2D eigenvalue weighted by Gasteiger charge is 2.36. The molecule has 0 unspecified atom stereocenters. The fourth-order valence-electron chi connectivity index (χ4n) is 3.82. The first kappa shape index (κ1) is 21.0. The van der Waals surface area contributed by atoms with Crippen LogP contribution >= 0.6 is 12.2 Å². The first-order valence-electron chi connectivity index (χ1n) is 10.1. The molecule has 2 aromatic rings. The first-order chi connectivity index (χ1) is 14.9. The highest BCUT2D eigenvalue weighted by atomic mass is 32.1. The number of rotatable bonds is 4. The van der Waals surface area contributed by atoms with Crippen LogP contribution in [-0.2, 0) is 16.0 Å². The van der Waals surface area contributed by atoms with Gasteiger partial charge in [0.1, 0.15) is 17.1 Å². The maximum atomic E-state index is 13.7.